The number of nitrogens with zero attached hydrogens (tertiary/aromatic N) is 4. The Balaban J connectivity index is 1.33. The average Bonchev–Trinajstić information content (AvgIpc) is 3.15. The van der Waals surface area contributed by atoms with Crippen molar-refractivity contribution in [3.63, 3.8) is 0 Å². The standard InChI is InChI=1S/C24H30N4O3/c1-16-20(17(2)31-26-16)22(29)27-14-8-19(9-15-27)28-21(18-6-12-25-13-7-18)24(23(28)30)10-4-3-5-11-24/h6-7,12-13,19,21H,3-5,8-11,14-15H2,1-2H3. The molecule has 1 spiro atoms. The third-order valence-corrected chi connectivity index (χ3v) is 7.62. The number of aryl methyl sites for hydroxylation is 2. The smallest absolute Gasteiger partial charge is 0.259 e. The Bertz CT molecular complexity index is 952. The second-order valence-electron chi connectivity index (χ2n) is 9.33. The summed E-state index contributed by atoms with van der Waals surface area (Å²) in [6.45, 7) is 4.88. The van der Waals surface area contributed by atoms with Gasteiger partial charge in [0.25, 0.3) is 5.91 Å². The molecule has 164 valence electrons. The first kappa shape index (κ1) is 20.2. The van der Waals surface area contributed by atoms with Gasteiger partial charge in [-0.3, -0.25) is 14.6 Å². The topological polar surface area (TPSA) is 79.5 Å². The van der Waals surface area contributed by atoms with Crippen molar-refractivity contribution in [1.29, 1.82) is 0 Å². The first-order chi connectivity index (χ1) is 15.0. The Kier molecular flexibility index (Phi) is 5.07. The molecule has 7 nitrogen and oxygen atoms in total. The molecule has 2 aromatic rings. The van der Waals surface area contributed by atoms with E-state index in [1.165, 1.54) is 12.0 Å². The molecular formula is C24H30N4O3. The average molecular weight is 423 g/mol. The molecule has 4 heterocycles. The van der Waals surface area contributed by atoms with Crippen LogP contribution < -0.4 is 0 Å². The van der Waals surface area contributed by atoms with Crippen LogP contribution in [0.5, 0.6) is 0 Å². The van der Waals surface area contributed by atoms with Crippen molar-refractivity contribution in [2.75, 3.05) is 13.1 Å². The van der Waals surface area contributed by atoms with Crippen molar-refractivity contribution >= 4 is 11.8 Å². The molecule has 3 aliphatic rings. The van der Waals surface area contributed by atoms with Crippen LogP contribution in [0.2, 0.25) is 0 Å². The maximum atomic E-state index is 13.5. The summed E-state index contributed by atoms with van der Waals surface area (Å²) in [6, 6.07) is 4.44. The van der Waals surface area contributed by atoms with Crippen molar-refractivity contribution < 1.29 is 14.1 Å². The predicted octanol–water partition coefficient (Wildman–Crippen LogP) is 3.83. The number of carbonyl (C=O) groups excluding carboxylic acids is 2. The molecule has 31 heavy (non-hydrogen) atoms. The Morgan fingerprint density at radius 1 is 1.10 bits per heavy atom. The summed E-state index contributed by atoms with van der Waals surface area (Å²) >= 11 is 0. The quantitative estimate of drug-likeness (QED) is 0.703. The molecule has 0 radical (unpaired) electrons. The van der Waals surface area contributed by atoms with Crippen LogP contribution in [0, 0.1) is 19.3 Å². The highest BCUT2D eigenvalue weighted by atomic mass is 16.5. The van der Waals surface area contributed by atoms with Gasteiger partial charge in [-0.2, -0.15) is 0 Å². The molecule has 0 bridgehead atoms. The number of hydrogen-bond acceptors (Lipinski definition) is 5. The van der Waals surface area contributed by atoms with Gasteiger partial charge in [0.15, 0.2) is 0 Å². The molecule has 3 fully saturated rings. The van der Waals surface area contributed by atoms with Crippen molar-refractivity contribution in [3.8, 4) is 0 Å². The maximum Gasteiger partial charge on any atom is 0.259 e. The molecule has 1 saturated carbocycles. The summed E-state index contributed by atoms with van der Waals surface area (Å²) in [5.74, 6) is 0.878. The highest BCUT2D eigenvalue weighted by Crippen LogP contribution is 2.59. The molecule has 2 amide bonds. The molecule has 2 aliphatic heterocycles. The molecule has 5 rings (SSSR count). The first-order valence-electron chi connectivity index (χ1n) is 11.5. The zero-order chi connectivity index (χ0) is 21.6. The number of carbonyl (C=O) groups is 2. The van der Waals surface area contributed by atoms with E-state index in [9.17, 15) is 9.59 Å². The third kappa shape index (κ3) is 3.17. The molecule has 2 aromatic heterocycles. The van der Waals surface area contributed by atoms with E-state index in [1.54, 1.807) is 13.8 Å². The maximum absolute atomic E-state index is 13.5. The number of piperidine rings is 1. The van der Waals surface area contributed by atoms with Crippen LogP contribution >= 0.6 is 0 Å². The minimum Gasteiger partial charge on any atom is -0.361 e. The summed E-state index contributed by atoms with van der Waals surface area (Å²) in [4.78, 5) is 34.7. The van der Waals surface area contributed by atoms with E-state index >= 15 is 0 Å². The van der Waals surface area contributed by atoms with Crippen LogP contribution in [-0.2, 0) is 4.79 Å². The highest BCUT2D eigenvalue weighted by Gasteiger charge is 2.62. The lowest BCUT2D eigenvalue weighted by Crippen LogP contribution is -2.67. The predicted molar refractivity (Wildman–Crippen MR) is 114 cm³/mol. The minimum absolute atomic E-state index is 0.0147. The van der Waals surface area contributed by atoms with Crippen molar-refractivity contribution in [2.45, 2.75) is 70.9 Å². The van der Waals surface area contributed by atoms with Gasteiger partial charge in [0, 0.05) is 31.5 Å². The lowest BCUT2D eigenvalue weighted by atomic mass is 9.59. The SMILES string of the molecule is Cc1noc(C)c1C(=O)N1CCC(N2C(=O)C3(CCCCC3)C2c2ccncc2)CC1. The van der Waals surface area contributed by atoms with Crippen LogP contribution in [0.25, 0.3) is 0 Å². The molecular weight excluding hydrogens is 392 g/mol. The van der Waals surface area contributed by atoms with Gasteiger partial charge in [-0.15, -0.1) is 0 Å². The van der Waals surface area contributed by atoms with E-state index in [4.69, 9.17) is 4.52 Å². The summed E-state index contributed by atoms with van der Waals surface area (Å²) in [5, 5.41) is 3.92. The van der Waals surface area contributed by atoms with E-state index in [2.05, 4.69) is 27.2 Å². The molecule has 1 atom stereocenters. The molecule has 7 heteroatoms. The van der Waals surface area contributed by atoms with E-state index in [0.717, 1.165) is 38.5 Å². The normalized spacial score (nSPS) is 23.8. The largest absolute Gasteiger partial charge is 0.361 e. The van der Waals surface area contributed by atoms with Crippen molar-refractivity contribution in [3.05, 3.63) is 47.1 Å². The molecule has 1 unspecified atom stereocenters. The number of hydrogen-bond donors (Lipinski definition) is 0. The first-order valence-corrected chi connectivity index (χ1v) is 11.5. The van der Waals surface area contributed by atoms with Crippen LogP contribution in [0.4, 0.5) is 0 Å². The fourth-order valence-corrected chi connectivity index (χ4v) is 6.06. The van der Waals surface area contributed by atoms with Gasteiger partial charge in [0.1, 0.15) is 11.3 Å². The Labute approximate surface area is 182 Å². The lowest BCUT2D eigenvalue weighted by molar-refractivity contribution is -0.186. The Morgan fingerprint density at radius 2 is 1.77 bits per heavy atom. The van der Waals surface area contributed by atoms with Gasteiger partial charge in [-0.25, -0.2) is 0 Å². The van der Waals surface area contributed by atoms with Gasteiger partial charge in [-0.05, 0) is 57.2 Å². The van der Waals surface area contributed by atoms with Gasteiger partial charge in [-0.1, -0.05) is 24.4 Å². The molecule has 0 N–H and O–H groups in total. The van der Waals surface area contributed by atoms with Gasteiger partial charge < -0.3 is 14.3 Å². The third-order valence-electron chi connectivity index (χ3n) is 7.62. The molecule has 1 aliphatic carbocycles. The van der Waals surface area contributed by atoms with Crippen LogP contribution in [0.3, 0.4) is 0 Å². The fraction of sp³-hybridized carbons (Fsp3) is 0.583. The zero-order valence-corrected chi connectivity index (χ0v) is 18.3. The van der Waals surface area contributed by atoms with Crippen molar-refractivity contribution in [1.82, 2.24) is 19.9 Å². The Hall–Kier alpha value is -2.70. The summed E-state index contributed by atoms with van der Waals surface area (Å²) in [6.07, 6.45) is 10.7. The molecule has 0 aromatic carbocycles. The number of β-lactam (4-membered cyclic amide) rings is 1. The Morgan fingerprint density at radius 3 is 2.39 bits per heavy atom. The van der Waals surface area contributed by atoms with Crippen molar-refractivity contribution in [2.24, 2.45) is 5.41 Å². The highest BCUT2D eigenvalue weighted by molar-refractivity contribution is 5.96. The summed E-state index contributed by atoms with van der Waals surface area (Å²) in [7, 11) is 0. The monoisotopic (exact) mass is 422 g/mol. The van der Waals surface area contributed by atoms with E-state index in [1.807, 2.05) is 17.3 Å². The van der Waals surface area contributed by atoms with Gasteiger partial charge >= 0.3 is 0 Å². The van der Waals surface area contributed by atoms with Crippen LogP contribution in [-0.4, -0.2) is 50.9 Å². The number of rotatable bonds is 3. The van der Waals surface area contributed by atoms with E-state index in [-0.39, 0.29) is 23.4 Å². The summed E-state index contributed by atoms with van der Waals surface area (Å²) in [5.41, 5.74) is 2.18. The van der Waals surface area contributed by atoms with Gasteiger partial charge in [0.2, 0.25) is 5.91 Å². The second kappa shape index (κ2) is 7.77. The molecule has 2 saturated heterocycles. The van der Waals surface area contributed by atoms with Gasteiger partial charge in [0.05, 0.1) is 17.2 Å². The van der Waals surface area contributed by atoms with Crippen LogP contribution in [0.1, 0.15) is 78.4 Å². The van der Waals surface area contributed by atoms with E-state index in [0.29, 0.717) is 36.0 Å². The number of amides is 2. The zero-order valence-electron chi connectivity index (χ0n) is 18.3. The lowest BCUT2D eigenvalue weighted by Gasteiger charge is -2.61. The fourth-order valence-electron chi connectivity index (χ4n) is 6.06. The number of aromatic nitrogens is 2. The van der Waals surface area contributed by atoms with Crippen LogP contribution in [0.15, 0.2) is 29.0 Å². The second-order valence-corrected chi connectivity index (χ2v) is 9.33. The summed E-state index contributed by atoms with van der Waals surface area (Å²) < 4.78 is 5.18. The minimum atomic E-state index is -0.233. The number of likely N-dealkylation sites (tertiary alicyclic amines) is 2. The number of pyridine rings is 1. The van der Waals surface area contributed by atoms with E-state index < -0.39 is 0 Å².